The molecule has 1 aliphatic rings. The van der Waals surface area contributed by atoms with E-state index in [1.165, 1.54) is 0 Å². The number of aromatic nitrogens is 2. The number of hydrogen-bond donors (Lipinski definition) is 2. The number of hydrogen-bond acceptors (Lipinski definition) is 5. The van der Waals surface area contributed by atoms with E-state index in [1.807, 2.05) is 0 Å². The summed E-state index contributed by atoms with van der Waals surface area (Å²) in [6, 6.07) is 5.16. The van der Waals surface area contributed by atoms with E-state index in [1.54, 1.807) is 18.2 Å². The predicted octanol–water partition coefficient (Wildman–Crippen LogP) is 2.31. The molecule has 1 aliphatic carbocycles. The van der Waals surface area contributed by atoms with Gasteiger partial charge in [-0.15, -0.1) is 0 Å². The van der Waals surface area contributed by atoms with Gasteiger partial charge < -0.3 is 16.0 Å². The van der Waals surface area contributed by atoms with E-state index in [2.05, 4.69) is 10.1 Å². The molecule has 2 aromatic rings. The first-order valence-electron chi connectivity index (χ1n) is 5.77. The first kappa shape index (κ1) is 11.5. The van der Waals surface area contributed by atoms with E-state index in [-0.39, 0.29) is 0 Å². The maximum atomic E-state index is 6.14. The predicted molar refractivity (Wildman–Crippen MR) is 68.9 cm³/mol. The molecule has 0 unspecified atom stereocenters. The van der Waals surface area contributed by atoms with Crippen LogP contribution in [0.25, 0.3) is 11.5 Å². The lowest BCUT2D eigenvalue weighted by Gasteiger charge is -2.34. The SMILES string of the molecule is Nc1ccc(-c2nc(C3(N)CCC3)no2)c(Cl)c1. The third-order valence-electron chi connectivity index (χ3n) is 3.34. The second kappa shape index (κ2) is 3.96. The standard InChI is InChI=1S/C12H13ClN4O/c13-9-6-7(14)2-3-8(9)10-16-11(17-18-10)12(15)4-1-5-12/h2-3,6H,1,4-5,14-15H2. The third-order valence-corrected chi connectivity index (χ3v) is 3.65. The molecule has 0 saturated heterocycles. The lowest BCUT2D eigenvalue weighted by Crippen LogP contribution is -2.44. The molecule has 1 aromatic carbocycles. The fourth-order valence-corrected chi connectivity index (χ4v) is 2.29. The van der Waals surface area contributed by atoms with Crippen LogP contribution in [0.2, 0.25) is 5.02 Å². The molecule has 4 N–H and O–H groups in total. The summed E-state index contributed by atoms with van der Waals surface area (Å²) in [7, 11) is 0. The molecule has 94 valence electrons. The Kier molecular flexibility index (Phi) is 2.53. The van der Waals surface area contributed by atoms with E-state index in [0.29, 0.717) is 28.0 Å². The maximum absolute atomic E-state index is 6.14. The van der Waals surface area contributed by atoms with E-state index >= 15 is 0 Å². The summed E-state index contributed by atoms with van der Waals surface area (Å²) in [5.41, 5.74) is 12.6. The second-order valence-corrected chi connectivity index (χ2v) is 5.08. The number of nitrogen functional groups attached to an aromatic ring is 1. The largest absolute Gasteiger partial charge is 0.399 e. The van der Waals surface area contributed by atoms with Gasteiger partial charge in [0.2, 0.25) is 0 Å². The van der Waals surface area contributed by atoms with Gasteiger partial charge in [0.05, 0.1) is 16.1 Å². The van der Waals surface area contributed by atoms with Crippen LogP contribution in [-0.4, -0.2) is 10.1 Å². The Morgan fingerprint density at radius 2 is 2.11 bits per heavy atom. The topological polar surface area (TPSA) is 91.0 Å². The van der Waals surface area contributed by atoms with Gasteiger partial charge in [0.25, 0.3) is 5.89 Å². The molecule has 0 atom stereocenters. The van der Waals surface area contributed by atoms with Crippen molar-refractivity contribution < 1.29 is 4.52 Å². The minimum absolute atomic E-state index is 0.381. The summed E-state index contributed by atoms with van der Waals surface area (Å²) < 4.78 is 5.23. The number of nitrogens with two attached hydrogens (primary N) is 2. The average molecular weight is 265 g/mol. The zero-order valence-corrected chi connectivity index (χ0v) is 10.4. The minimum atomic E-state index is -0.429. The summed E-state index contributed by atoms with van der Waals surface area (Å²) in [6.45, 7) is 0. The molecule has 1 saturated carbocycles. The molecule has 0 aliphatic heterocycles. The molecule has 1 heterocycles. The normalized spacial score (nSPS) is 17.4. The lowest BCUT2D eigenvalue weighted by atomic mass is 9.77. The van der Waals surface area contributed by atoms with Crippen molar-refractivity contribution in [2.24, 2.45) is 5.73 Å². The fraction of sp³-hybridized carbons (Fsp3) is 0.333. The van der Waals surface area contributed by atoms with Gasteiger partial charge >= 0.3 is 0 Å². The zero-order valence-electron chi connectivity index (χ0n) is 9.69. The monoisotopic (exact) mass is 264 g/mol. The fourth-order valence-electron chi connectivity index (χ4n) is 2.02. The molecule has 18 heavy (non-hydrogen) atoms. The van der Waals surface area contributed by atoms with Gasteiger partial charge in [0, 0.05) is 5.69 Å². The number of anilines is 1. The Morgan fingerprint density at radius 3 is 2.72 bits per heavy atom. The van der Waals surface area contributed by atoms with Crippen LogP contribution in [0.5, 0.6) is 0 Å². The molecule has 0 spiro atoms. The van der Waals surface area contributed by atoms with Gasteiger partial charge in [-0.3, -0.25) is 0 Å². The first-order chi connectivity index (χ1) is 8.58. The molecule has 0 amide bonds. The van der Waals surface area contributed by atoms with Gasteiger partial charge in [0.1, 0.15) is 0 Å². The van der Waals surface area contributed by atoms with Crippen molar-refractivity contribution in [3.63, 3.8) is 0 Å². The molecular formula is C12H13ClN4O. The Bertz CT molecular complexity index is 592. The van der Waals surface area contributed by atoms with Crippen LogP contribution in [-0.2, 0) is 5.54 Å². The Balaban J connectivity index is 1.97. The van der Waals surface area contributed by atoms with Gasteiger partial charge in [-0.1, -0.05) is 16.8 Å². The van der Waals surface area contributed by atoms with Crippen molar-refractivity contribution in [3.05, 3.63) is 29.0 Å². The molecular weight excluding hydrogens is 252 g/mol. The molecule has 1 aromatic heterocycles. The smallest absolute Gasteiger partial charge is 0.259 e. The summed E-state index contributed by atoms with van der Waals surface area (Å²) in [6.07, 6.45) is 2.88. The Morgan fingerprint density at radius 1 is 1.33 bits per heavy atom. The van der Waals surface area contributed by atoms with Gasteiger partial charge in [0.15, 0.2) is 5.82 Å². The average Bonchev–Trinajstić information content (AvgIpc) is 2.75. The van der Waals surface area contributed by atoms with Crippen molar-refractivity contribution in [2.45, 2.75) is 24.8 Å². The van der Waals surface area contributed by atoms with Crippen molar-refractivity contribution >= 4 is 17.3 Å². The highest BCUT2D eigenvalue weighted by molar-refractivity contribution is 6.33. The molecule has 0 bridgehead atoms. The summed E-state index contributed by atoms with van der Waals surface area (Å²) in [4.78, 5) is 4.34. The molecule has 1 fully saturated rings. The summed E-state index contributed by atoms with van der Waals surface area (Å²) >= 11 is 6.10. The van der Waals surface area contributed by atoms with E-state index in [9.17, 15) is 0 Å². The third kappa shape index (κ3) is 1.76. The summed E-state index contributed by atoms with van der Waals surface area (Å²) in [5, 5.41) is 4.44. The number of nitrogens with zero attached hydrogens (tertiary/aromatic N) is 2. The van der Waals surface area contributed by atoms with Crippen molar-refractivity contribution in [1.29, 1.82) is 0 Å². The van der Waals surface area contributed by atoms with Crippen molar-refractivity contribution in [1.82, 2.24) is 10.1 Å². The zero-order chi connectivity index (χ0) is 12.8. The highest BCUT2D eigenvalue weighted by Crippen LogP contribution is 2.38. The van der Waals surface area contributed by atoms with E-state index in [4.69, 9.17) is 27.6 Å². The summed E-state index contributed by atoms with van der Waals surface area (Å²) in [5.74, 6) is 0.934. The Hall–Kier alpha value is -1.59. The van der Waals surface area contributed by atoms with Crippen LogP contribution in [0.15, 0.2) is 22.7 Å². The molecule has 3 rings (SSSR count). The van der Waals surface area contributed by atoms with Crippen LogP contribution < -0.4 is 11.5 Å². The Labute approximate surface area is 109 Å². The maximum Gasteiger partial charge on any atom is 0.259 e. The quantitative estimate of drug-likeness (QED) is 0.812. The van der Waals surface area contributed by atoms with Crippen LogP contribution >= 0.6 is 11.6 Å². The molecule has 6 heteroatoms. The molecule has 0 radical (unpaired) electrons. The number of benzene rings is 1. The van der Waals surface area contributed by atoms with E-state index in [0.717, 1.165) is 19.3 Å². The van der Waals surface area contributed by atoms with Gasteiger partial charge in [-0.05, 0) is 37.5 Å². The van der Waals surface area contributed by atoms with Crippen LogP contribution in [0.1, 0.15) is 25.1 Å². The second-order valence-electron chi connectivity index (χ2n) is 4.67. The van der Waals surface area contributed by atoms with Crippen molar-refractivity contribution in [3.8, 4) is 11.5 Å². The van der Waals surface area contributed by atoms with Crippen LogP contribution in [0.4, 0.5) is 5.69 Å². The molecule has 5 nitrogen and oxygen atoms in total. The highest BCUT2D eigenvalue weighted by atomic mass is 35.5. The van der Waals surface area contributed by atoms with Gasteiger partial charge in [-0.2, -0.15) is 4.98 Å². The first-order valence-corrected chi connectivity index (χ1v) is 6.15. The van der Waals surface area contributed by atoms with E-state index < -0.39 is 5.54 Å². The van der Waals surface area contributed by atoms with Gasteiger partial charge in [-0.25, -0.2) is 0 Å². The lowest BCUT2D eigenvalue weighted by molar-refractivity contribution is 0.229. The number of halogens is 1. The van der Waals surface area contributed by atoms with Crippen LogP contribution in [0, 0.1) is 0 Å². The number of rotatable bonds is 2. The van der Waals surface area contributed by atoms with Crippen molar-refractivity contribution in [2.75, 3.05) is 5.73 Å². The minimum Gasteiger partial charge on any atom is -0.399 e. The highest BCUT2D eigenvalue weighted by Gasteiger charge is 2.39. The van der Waals surface area contributed by atoms with Crippen LogP contribution in [0.3, 0.4) is 0 Å².